The Bertz CT molecular complexity index is 1060. The predicted molar refractivity (Wildman–Crippen MR) is 117 cm³/mol. The Morgan fingerprint density at radius 3 is 2.43 bits per heavy atom. The van der Waals surface area contributed by atoms with Crippen LogP contribution in [0.5, 0.6) is 11.5 Å². The van der Waals surface area contributed by atoms with Crippen molar-refractivity contribution in [3.63, 3.8) is 0 Å². The van der Waals surface area contributed by atoms with Crippen LogP contribution in [0.4, 0.5) is 5.69 Å². The number of nitrogens with zero attached hydrogens (tertiary/aromatic N) is 1. The molecule has 0 unspecified atom stereocenters. The van der Waals surface area contributed by atoms with Crippen LogP contribution in [0.25, 0.3) is 0 Å². The first-order valence-corrected chi connectivity index (χ1v) is 10.4. The van der Waals surface area contributed by atoms with Crippen LogP contribution in [-0.2, 0) is 13.0 Å². The second-order valence-electron chi connectivity index (χ2n) is 6.99. The summed E-state index contributed by atoms with van der Waals surface area (Å²) >= 11 is 1.45. The molecule has 0 spiro atoms. The molecule has 1 aliphatic heterocycles. The van der Waals surface area contributed by atoms with Gasteiger partial charge in [-0.1, -0.05) is 12.1 Å². The summed E-state index contributed by atoms with van der Waals surface area (Å²) < 4.78 is 10.5. The molecule has 6 nitrogen and oxygen atoms in total. The van der Waals surface area contributed by atoms with Gasteiger partial charge in [-0.2, -0.15) is 0 Å². The van der Waals surface area contributed by atoms with E-state index in [0.717, 1.165) is 16.9 Å². The number of methoxy groups -OCH3 is 2. The first-order valence-electron chi connectivity index (χ1n) is 9.56. The third kappa shape index (κ3) is 4.16. The topological polar surface area (TPSA) is 67.9 Å². The zero-order valence-electron chi connectivity index (χ0n) is 16.8. The molecule has 0 saturated heterocycles. The minimum absolute atomic E-state index is 0.0496. The summed E-state index contributed by atoms with van der Waals surface area (Å²) in [5.74, 6) is 0.892. The minimum atomic E-state index is -0.255. The van der Waals surface area contributed by atoms with Crippen molar-refractivity contribution >= 4 is 28.8 Å². The van der Waals surface area contributed by atoms with Gasteiger partial charge in [0.15, 0.2) is 0 Å². The highest BCUT2D eigenvalue weighted by Crippen LogP contribution is 2.26. The third-order valence-electron chi connectivity index (χ3n) is 5.11. The first kappa shape index (κ1) is 20.0. The standard InChI is InChI=1S/C23H22N2O4S/c1-28-19-11-16(12-20(13-19)29-2)22(26)24-18-6-5-15-7-8-25(14-17(15)10-18)23(27)21-4-3-9-30-21/h3-6,9-13H,7-8,14H2,1-2H3,(H,24,26). The molecule has 2 heterocycles. The van der Waals surface area contributed by atoms with E-state index >= 15 is 0 Å². The van der Waals surface area contributed by atoms with E-state index < -0.39 is 0 Å². The molecule has 2 amide bonds. The normalized spacial score (nSPS) is 12.8. The maximum absolute atomic E-state index is 12.8. The second-order valence-corrected chi connectivity index (χ2v) is 7.94. The van der Waals surface area contributed by atoms with Crippen molar-refractivity contribution in [1.29, 1.82) is 0 Å². The summed E-state index contributed by atoms with van der Waals surface area (Å²) in [6, 6.07) is 14.6. The number of anilines is 1. The monoisotopic (exact) mass is 422 g/mol. The lowest BCUT2D eigenvalue weighted by Crippen LogP contribution is -2.35. The van der Waals surface area contributed by atoms with Crippen LogP contribution in [0, 0.1) is 0 Å². The smallest absolute Gasteiger partial charge is 0.264 e. The Morgan fingerprint density at radius 2 is 1.77 bits per heavy atom. The average molecular weight is 423 g/mol. The lowest BCUT2D eigenvalue weighted by Gasteiger charge is -2.29. The number of nitrogens with one attached hydrogen (secondary N) is 1. The Labute approximate surface area is 179 Å². The fourth-order valence-electron chi connectivity index (χ4n) is 3.51. The highest BCUT2D eigenvalue weighted by molar-refractivity contribution is 7.12. The highest BCUT2D eigenvalue weighted by Gasteiger charge is 2.23. The van der Waals surface area contributed by atoms with Crippen molar-refractivity contribution in [2.45, 2.75) is 13.0 Å². The molecule has 1 aliphatic rings. The van der Waals surface area contributed by atoms with Gasteiger partial charge in [0.2, 0.25) is 0 Å². The number of fused-ring (bicyclic) bond motifs is 1. The Balaban J connectivity index is 1.51. The van der Waals surface area contributed by atoms with Gasteiger partial charge in [-0.25, -0.2) is 0 Å². The molecule has 4 rings (SSSR count). The fraction of sp³-hybridized carbons (Fsp3) is 0.217. The number of benzene rings is 2. The van der Waals surface area contributed by atoms with Crippen molar-refractivity contribution in [1.82, 2.24) is 4.90 Å². The Hall–Kier alpha value is -3.32. The van der Waals surface area contributed by atoms with E-state index in [2.05, 4.69) is 5.32 Å². The molecule has 1 N–H and O–H groups in total. The van der Waals surface area contributed by atoms with Crippen molar-refractivity contribution in [3.8, 4) is 11.5 Å². The average Bonchev–Trinajstić information content (AvgIpc) is 3.32. The Morgan fingerprint density at radius 1 is 1.00 bits per heavy atom. The van der Waals surface area contributed by atoms with E-state index in [1.807, 2.05) is 40.6 Å². The molecule has 1 aromatic heterocycles. The molecule has 0 fully saturated rings. The summed E-state index contributed by atoms with van der Waals surface area (Å²) in [7, 11) is 3.09. The fourth-order valence-corrected chi connectivity index (χ4v) is 4.20. The van der Waals surface area contributed by atoms with E-state index in [4.69, 9.17) is 9.47 Å². The molecular formula is C23H22N2O4S. The molecule has 0 saturated carbocycles. The molecule has 3 aromatic rings. The molecule has 30 heavy (non-hydrogen) atoms. The summed E-state index contributed by atoms with van der Waals surface area (Å²) in [6.07, 6.45) is 0.799. The molecule has 0 atom stereocenters. The van der Waals surface area contributed by atoms with Gasteiger partial charge in [-0.3, -0.25) is 9.59 Å². The number of hydrogen-bond acceptors (Lipinski definition) is 5. The summed E-state index contributed by atoms with van der Waals surface area (Å²) in [5, 5.41) is 4.84. The van der Waals surface area contributed by atoms with E-state index in [1.54, 1.807) is 32.4 Å². The third-order valence-corrected chi connectivity index (χ3v) is 5.97. The number of thiophene rings is 1. The van der Waals surface area contributed by atoms with E-state index in [0.29, 0.717) is 35.8 Å². The molecule has 0 aliphatic carbocycles. The molecule has 0 radical (unpaired) electrons. The van der Waals surface area contributed by atoms with Gasteiger partial charge in [-0.05, 0) is 53.3 Å². The summed E-state index contributed by atoms with van der Waals surface area (Å²) in [6.45, 7) is 1.22. The van der Waals surface area contributed by atoms with Crippen LogP contribution in [0.3, 0.4) is 0 Å². The van der Waals surface area contributed by atoms with Gasteiger partial charge >= 0.3 is 0 Å². The van der Waals surface area contributed by atoms with Crippen molar-refractivity contribution in [2.75, 3.05) is 26.1 Å². The number of rotatable bonds is 5. The summed E-state index contributed by atoms with van der Waals surface area (Å²) in [4.78, 5) is 28.0. The van der Waals surface area contributed by atoms with E-state index in [1.165, 1.54) is 16.9 Å². The van der Waals surface area contributed by atoms with Gasteiger partial charge in [0.25, 0.3) is 11.8 Å². The van der Waals surface area contributed by atoms with Crippen LogP contribution in [0.15, 0.2) is 53.9 Å². The van der Waals surface area contributed by atoms with Crippen LogP contribution in [0.1, 0.15) is 31.2 Å². The van der Waals surface area contributed by atoms with Crippen molar-refractivity contribution in [2.24, 2.45) is 0 Å². The van der Waals surface area contributed by atoms with Gasteiger partial charge in [-0.15, -0.1) is 11.3 Å². The Kier molecular flexibility index (Phi) is 5.72. The van der Waals surface area contributed by atoms with Crippen LogP contribution in [-0.4, -0.2) is 37.5 Å². The van der Waals surface area contributed by atoms with Gasteiger partial charge < -0.3 is 19.7 Å². The van der Waals surface area contributed by atoms with E-state index in [9.17, 15) is 9.59 Å². The molecule has 0 bridgehead atoms. The zero-order valence-corrected chi connectivity index (χ0v) is 17.6. The van der Waals surface area contributed by atoms with Crippen LogP contribution in [0.2, 0.25) is 0 Å². The van der Waals surface area contributed by atoms with E-state index in [-0.39, 0.29) is 11.8 Å². The first-order chi connectivity index (χ1) is 14.6. The number of ether oxygens (including phenoxy) is 2. The SMILES string of the molecule is COc1cc(OC)cc(C(=O)Nc2ccc3c(c2)CN(C(=O)c2cccs2)CC3)c1. The van der Waals surface area contributed by atoms with Gasteiger partial charge in [0.1, 0.15) is 11.5 Å². The van der Waals surface area contributed by atoms with Crippen molar-refractivity contribution in [3.05, 3.63) is 75.5 Å². The minimum Gasteiger partial charge on any atom is -0.497 e. The number of hydrogen-bond donors (Lipinski definition) is 1. The molecular weight excluding hydrogens is 400 g/mol. The number of carbonyl (C=O) groups is 2. The second kappa shape index (κ2) is 8.59. The maximum atomic E-state index is 12.8. The quantitative estimate of drug-likeness (QED) is 0.669. The lowest BCUT2D eigenvalue weighted by molar-refractivity contribution is 0.0739. The lowest BCUT2D eigenvalue weighted by atomic mass is 9.98. The molecule has 154 valence electrons. The molecule has 2 aromatic carbocycles. The molecule has 7 heteroatoms. The highest BCUT2D eigenvalue weighted by atomic mass is 32.1. The maximum Gasteiger partial charge on any atom is 0.264 e. The van der Waals surface area contributed by atoms with Crippen LogP contribution < -0.4 is 14.8 Å². The van der Waals surface area contributed by atoms with Crippen molar-refractivity contribution < 1.29 is 19.1 Å². The van der Waals surface area contributed by atoms with Gasteiger partial charge in [0.05, 0.1) is 19.1 Å². The van der Waals surface area contributed by atoms with Crippen LogP contribution >= 0.6 is 11.3 Å². The predicted octanol–water partition coefficient (Wildman–Crippen LogP) is 4.22. The number of carbonyl (C=O) groups excluding carboxylic acids is 2. The zero-order chi connectivity index (χ0) is 21.1. The van der Waals surface area contributed by atoms with Gasteiger partial charge in [0, 0.05) is 30.4 Å². The number of amides is 2. The largest absolute Gasteiger partial charge is 0.497 e. The summed E-state index contributed by atoms with van der Waals surface area (Å²) in [5.41, 5.74) is 3.38.